The van der Waals surface area contributed by atoms with E-state index >= 15 is 0 Å². The second-order valence-corrected chi connectivity index (χ2v) is 10.8. The van der Waals surface area contributed by atoms with Gasteiger partial charge < -0.3 is 0 Å². The van der Waals surface area contributed by atoms with Crippen molar-refractivity contribution in [2.24, 2.45) is 10.2 Å². The highest BCUT2D eigenvalue weighted by molar-refractivity contribution is 8.76. The normalized spacial score (nSPS) is 11.7. The Hall–Kier alpha value is -2.96. The Kier molecular flexibility index (Phi) is 8.88. The van der Waals surface area contributed by atoms with Gasteiger partial charge in [0.25, 0.3) is 0 Å². The first-order valence-corrected chi connectivity index (χ1v) is 13.9. The molecule has 0 saturated heterocycles. The van der Waals surface area contributed by atoms with Crippen LogP contribution in [0.25, 0.3) is 21.5 Å². The van der Waals surface area contributed by atoms with Gasteiger partial charge in [0.1, 0.15) is 0 Å². The van der Waals surface area contributed by atoms with Crippen LogP contribution in [0.15, 0.2) is 95.1 Å². The van der Waals surface area contributed by atoms with Crippen LogP contribution in [-0.4, -0.2) is 61.1 Å². The molecule has 0 aliphatic heterocycles. The highest BCUT2D eigenvalue weighted by atomic mass is 33.1. The molecule has 0 amide bonds. The van der Waals surface area contributed by atoms with E-state index in [4.69, 9.17) is 0 Å². The quantitative estimate of drug-likeness (QED) is 0.103. The minimum atomic E-state index is 0.914. The van der Waals surface area contributed by atoms with Gasteiger partial charge >= 0.3 is 0 Å². The molecular formula is C28H30N4S2. The third kappa shape index (κ3) is 7.27. The Morgan fingerprint density at radius 2 is 1.00 bits per heavy atom. The van der Waals surface area contributed by atoms with Gasteiger partial charge in [0, 0.05) is 38.7 Å². The molecule has 6 heteroatoms. The first kappa shape index (κ1) is 24.2. The molecule has 0 spiro atoms. The zero-order valence-corrected chi connectivity index (χ0v) is 21.3. The van der Waals surface area contributed by atoms with Crippen molar-refractivity contribution in [3.63, 3.8) is 0 Å². The highest BCUT2D eigenvalue weighted by Crippen LogP contribution is 2.21. The van der Waals surface area contributed by atoms with Crippen LogP contribution in [0.3, 0.4) is 0 Å². The van der Waals surface area contributed by atoms with Crippen LogP contribution < -0.4 is 0 Å². The van der Waals surface area contributed by atoms with E-state index in [2.05, 4.69) is 95.1 Å². The average Bonchev–Trinajstić information content (AvgIpc) is 2.88. The molecule has 4 aromatic carbocycles. The number of hydrogen-bond acceptors (Lipinski definition) is 6. The summed E-state index contributed by atoms with van der Waals surface area (Å²) in [5.74, 6) is 2.06. The topological polar surface area (TPSA) is 31.2 Å². The minimum absolute atomic E-state index is 0.914. The van der Waals surface area contributed by atoms with Crippen molar-refractivity contribution >= 4 is 55.6 Å². The largest absolute Gasteiger partial charge is 0.299 e. The Morgan fingerprint density at radius 1 is 0.588 bits per heavy atom. The van der Waals surface area contributed by atoms with Gasteiger partial charge in [-0.25, -0.2) is 0 Å². The summed E-state index contributed by atoms with van der Waals surface area (Å²) in [6, 6.07) is 29.7. The Morgan fingerprint density at radius 3 is 1.44 bits per heavy atom. The smallest absolute Gasteiger partial charge is 0.0543 e. The van der Waals surface area contributed by atoms with Crippen molar-refractivity contribution in [1.29, 1.82) is 0 Å². The molecule has 0 N–H and O–H groups in total. The first-order valence-electron chi connectivity index (χ1n) is 11.4. The number of nitrogens with zero attached hydrogens (tertiary/aromatic N) is 4. The molecule has 4 aromatic rings. The summed E-state index contributed by atoms with van der Waals surface area (Å²) < 4.78 is 0. The molecule has 0 unspecified atom stereocenters. The Balaban J connectivity index is 1.11. The summed E-state index contributed by atoms with van der Waals surface area (Å²) in [5.41, 5.74) is 2.25. The third-order valence-corrected chi connectivity index (χ3v) is 7.80. The molecule has 0 atom stereocenters. The van der Waals surface area contributed by atoms with E-state index in [1.54, 1.807) is 0 Å². The van der Waals surface area contributed by atoms with Crippen molar-refractivity contribution in [3.05, 3.63) is 96.1 Å². The lowest BCUT2D eigenvalue weighted by atomic mass is 10.1. The predicted octanol–water partition coefficient (Wildman–Crippen LogP) is 6.61. The minimum Gasteiger partial charge on any atom is -0.299 e. The number of hydrogen-bond donors (Lipinski definition) is 0. The molecule has 0 aliphatic rings. The molecular weight excluding hydrogens is 456 g/mol. The van der Waals surface area contributed by atoms with E-state index in [9.17, 15) is 0 Å². The number of rotatable bonds is 11. The van der Waals surface area contributed by atoms with E-state index in [1.807, 2.05) is 58.1 Å². The molecule has 0 bridgehead atoms. The highest BCUT2D eigenvalue weighted by Gasteiger charge is 1.99. The van der Waals surface area contributed by atoms with Crippen LogP contribution in [-0.2, 0) is 0 Å². The standard InChI is InChI=1S/C28H30N4S2/c1-31(29-21-23-11-13-25-7-3-5-9-27(25)19-23)15-17-33-34-18-16-32(2)30-22-24-12-14-26-8-4-6-10-28(26)20-24/h3-14,19-22H,15-18H2,1-2H3/b29-21+,30-22+. The second kappa shape index (κ2) is 12.5. The van der Waals surface area contributed by atoms with E-state index in [0.29, 0.717) is 0 Å². The summed E-state index contributed by atoms with van der Waals surface area (Å²) in [6.07, 6.45) is 3.87. The van der Waals surface area contributed by atoms with Crippen LogP contribution in [0.4, 0.5) is 0 Å². The molecule has 4 nitrogen and oxygen atoms in total. The molecule has 0 aromatic heterocycles. The molecule has 174 valence electrons. The van der Waals surface area contributed by atoms with Crippen molar-refractivity contribution in [2.75, 3.05) is 38.7 Å². The van der Waals surface area contributed by atoms with Gasteiger partial charge in [-0.2, -0.15) is 10.2 Å². The fourth-order valence-electron chi connectivity index (χ4n) is 3.48. The summed E-state index contributed by atoms with van der Waals surface area (Å²) in [5, 5.41) is 18.2. The summed E-state index contributed by atoms with van der Waals surface area (Å²) in [7, 11) is 7.82. The third-order valence-electron chi connectivity index (χ3n) is 5.43. The molecule has 0 fully saturated rings. The fraction of sp³-hybridized carbons (Fsp3) is 0.214. The number of fused-ring (bicyclic) bond motifs is 2. The monoisotopic (exact) mass is 486 g/mol. The number of hydrazone groups is 2. The first-order chi connectivity index (χ1) is 16.7. The van der Waals surface area contributed by atoms with Gasteiger partial charge in [-0.3, -0.25) is 10.0 Å². The Bertz CT molecular complexity index is 1170. The molecule has 4 rings (SSSR count). The lowest BCUT2D eigenvalue weighted by molar-refractivity contribution is 0.380. The predicted molar refractivity (Wildman–Crippen MR) is 153 cm³/mol. The lowest BCUT2D eigenvalue weighted by Gasteiger charge is -2.13. The maximum Gasteiger partial charge on any atom is 0.0543 e. The van der Waals surface area contributed by atoms with Gasteiger partial charge in [-0.15, -0.1) is 0 Å². The van der Waals surface area contributed by atoms with Crippen molar-refractivity contribution in [2.45, 2.75) is 0 Å². The SMILES string of the molecule is CN(CCSSCCN(C)/N=C/c1ccc2ccccc2c1)/N=C/c1ccc2ccccc2c1. The summed E-state index contributed by atoms with van der Waals surface area (Å²) in [6.45, 7) is 1.83. The maximum atomic E-state index is 4.58. The van der Waals surface area contributed by atoms with Crippen LogP contribution in [0, 0.1) is 0 Å². The zero-order chi connectivity index (χ0) is 23.6. The van der Waals surface area contributed by atoms with E-state index < -0.39 is 0 Å². The van der Waals surface area contributed by atoms with Crippen molar-refractivity contribution < 1.29 is 0 Å². The van der Waals surface area contributed by atoms with E-state index in [-0.39, 0.29) is 0 Å². The van der Waals surface area contributed by atoms with Crippen molar-refractivity contribution in [1.82, 2.24) is 10.0 Å². The molecule has 0 aliphatic carbocycles. The summed E-state index contributed by atoms with van der Waals surface area (Å²) in [4.78, 5) is 0. The lowest BCUT2D eigenvalue weighted by Crippen LogP contribution is -2.15. The molecule has 0 saturated carbocycles. The Labute approximate surface area is 210 Å². The molecule has 0 heterocycles. The fourth-order valence-corrected chi connectivity index (χ4v) is 5.55. The summed E-state index contributed by atoms with van der Waals surface area (Å²) >= 11 is 0. The zero-order valence-electron chi connectivity index (χ0n) is 19.7. The number of benzene rings is 4. The van der Waals surface area contributed by atoms with Crippen LogP contribution in [0.5, 0.6) is 0 Å². The van der Waals surface area contributed by atoms with Crippen LogP contribution in [0.1, 0.15) is 11.1 Å². The van der Waals surface area contributed by atoms with Crippen LogP contribution in [0.2, 0.25) is 0 Å². The molecule has 34 heavy (non-hydrogen) atoms. The average molecular weight is 487 g/mol. The maximum absolute atomic E-state index is 4.58. The van der Waals surface area contributed by atoms with E-state index in [1.165, 1.54) is 21.5 Å². The van der Waals surface area contributed by atoms with E-state index in [0.717, 1.165) is 35.7 Å². The van der Waals surface area contributed by atoms with Gasteiger partial charge in [-0.05, 0) is 44.8 Å². The van der Waals surface area contributed by atoms with Gasteiger partial charge in [-0.1, -0.05) is 94.4 Å². The van der Waals surface area contributed by atoms with Crippen molar-refractivity contribution in [3.8, 4) is 0 Å². The van der Waals surface area contributed by atoms with Gasteiger partial charge in [0.15, 0.2) is 0 Å². The molecule has 0 radical (unpaired) electrons. The van der Waals surface area contributed by atoms with Crippen LogP contribution >= 0.6 is 21.6 Å². The van der Waals surface area contributed by atoms with Gasteiger partial charge in [0.05, 0.1) is 12.4 Å². The van der Waals surface area contributed by atoms with Gasteiger partial charge in [0.2, 0.25) is 0 Å². The second-order valence-electron chi connectivity index (χ2n) is 8.11.